The Balaban J connectivity index is 2.05. The monoisotopic (exact) mass is 293 g/mol. The van der Waals surface area contributed by atoms with Crippen LogP contribution in [0.4, 0.5) is 0 Å². The Morgan fingerprint density at radius 1 is 1.05 bits per heavy atom. The Morgan fingerprint density at radius 3 is 2.25 bits per heavy atom. The number of nitrogens with zero attached hydrogens (tertiary/aromatic N) is 1. The van der Waals surface area contributed by atoms with Crippen molar-refractivity contribution in [1.82, 2.24) is 10.3 Å². The van der Waals surface area contributed by atoms with E-state index in [2.05, 4.69) is 5.43 Å². The molecule has 2 N–H and O–H groups in total. The van der Waals surface area contributed by atoms with Gasteiger partial charge in [0.2, 0.25) is 0 Å². The SMILES string of the molecule is O=C(NNS(=O)(=O)c1ccccc1)c1cc[n+]([O-])cc1. The third kappa shape index (κ3) is 3.31. The number of rotatable bonds is 4. The van der Waals surface area contributed by atoms with E-state index in [4.69, 9.17) is 0 Å². The molecule has 0 bridgehead atoms. The van der Waals surface area contributed by atoms with Crippen LogP contribution in [0.5, 0.6) is 0 Å². The molecule has 20 heavy (non-hydrogen) atoms. The number of hydrazine groups is 1. The average Bonchev–Trinajstić information content (AvgIpc) is 2.46. The Hall–Kier alpha value is -2.45. The molecule has 0 aliphatic rings. The number of pyridine rings is 1. The summed E-state index contributed by atoms with van der Waals surface area (Å²) in [6.07, 6.45) is 2.28. The Bertz CT molecular complexity index is 699. The lowest BCUT2D eigenvalue weighted by Crippen LogP contribution is -2.41. The van der Waals surface area contributed by atoms with Gasteiger partial charge in [-0.2, -0.15) is 4.73 Å². The fourth-order valence-corrected chi connectivity index (χ4v) is 2.27. The molecule has 2 rings (SSSR count). The topological polar surface area (TPSA) is 102 Å². The third-order valence-corrected chi connectivity index (χ3v) is 3.68. The van der Waals surface area contributed by atoms with E-state index in [9.17, 15) is 18.4 Å². The van der Waals surface area contributed by atoms with Gasteiger partial charge in [0.25, 0.3) is 15.9 Å². The van der Waals surface area contributed by atoms with Gasteiger partial charge in [0.05, 0.1) is 10.5 Å². The second kappa shape index (κ2) is 5.68. The van der Waals surface area contributed by atoms with E-state index < -0.39 is 15.9 Å². The van der Waals surface area contributed by atoms with Gasteiger partial charge in [-0.05, 0) is 12.1 Å². The molecule has 0 aliphatic heterocycles. The highest BCUT2D eigenvalue weighted by Crippen LogP contribution is 2.06. The molecule has 0 spiro atoms. The van der Waals surface area contributed by atoms with Crippen LogP contribution in [0.25, 0.3) is 0 Å². The summed E-state index contributed by atoms with van der Waals surface area (Å²) in [5.74, 6) is -0.662. The van der Waals surface area contributed by atoms with E-state index in [0.29, 0.717) is 4.73 Å². The van der Waals surface area contributed by atoms with Crippen LogP contribution in [-0.4, -0.2) is 14.3 Å². The van der Waals surface area contributed by atoms with Crippen molar-refractivity contribution in [3.63, 3.8) is 0 Å². The van der Waals surface area contributed by atoms with Crippen molar-refractivity contribution in [3.8, 4) is 0 Å². The zero-order valence-corrected chi connectivity index (χ0v) is 11.0. The summed E-state index contributed by atoms with van der Waals surface area (Å²) in [5, 5.41) is 10.8. The van der Waals surface area contributed by atoms with Crippen LogP contribution in [0.15, 0.2) is 59.8 Å². The molecule has 1 heterocycles. The van der Waals surface area contributed by atoms with Gasteiger partial charge in [0.15, 0.2) is 12.4 Å². The molecule has 0 unspecified atom stereocenters. The summed E-state index contributed by atoms with van der Waals surface area (Å²) in [6.45, 7) is 0. The highest BCUT2D eigenvalue weighted by atomic mass is 32.2. The quantitative estimate of drug-likeness (QED) is 0.468. The normalized spacial score (nSPS) is 11.0. The van der Waals surface area contributed by atoms with Gasteiger partial charge in [-0.15, -0.1) is 4.83 Å². The van der Waals surface area contributed by atoms with Crippen LogP contribution in [0, 0.1) is 5.21 Å². The Kier molecular flexibility index (Phi) is 3.97. The van der Waals surface area contributed by atoms with E-state index >= 15 is 0 Å². The van der Waals surface area contributed by atoms with Gasteiger partial charge in [0.1, 0.15) is 0 Å². The molecule has 0 aliphatic carbocycles. The van der Waals surface area contributed by atoms with Gasteiger partial charge >= 0.3 is 0 Å². The maximum absolute atomic E-state index is 11.8. The predicted octanol–water partition coefficient (Wildman–Crippen LogP) is -0.0567. The van der Waals surface area contributed by atoms with E-state index in [1.165, 1.54) is 24.3 Å². The van der Waals surface area contributed by atoms with Crippen LogP contribution in [-0.2, 0) is 10.0 Å². The zero-order valence-electron chi connectivity index (χ0n) is 10.2. The first-order chi connectivity index (χ1) is 9.49. The summed E-state index contributed by atoms with van der Waals surface area (Å²) in [5.41, 5.74) is 2.23. The lowest BCUT2D eigenvalue weighted by atomic mass is 10.3. The van der Waals surface area contributed by atoms with Gasteiger partial charge in [-0.1, -0.05) is 18.2 Å². The van der Waals surface area contributed by atoms with Crippen LogP contribution in [0.2, 0.25) is 0 Å². The highest BCUT2D eigenvalue weighted by Gasteiger charge is 2.15. The summed E-state index contributed by atoms with van der Waals surface area (Å²) >= 11 is 0. The molecule has 8 heteroatoms. The number of nitrogens with one attached hydrogen (secondary N) is 2. The lowest BCUT2D eigenvalue weighted by molar-refractivity contribution is -0.605. The van der Waals surface area contributed by atoms with Crippen molar-refractivity contribution >= 4 is 15.9 Å². The summed E-state index contributed by atoms with van der Waals surface area (Å²) in [6, 6.07) is 10.2. The molecule has 0 atom stereocenters. The molecule has 2 aromatic rings. The molecule has 1 aromatic carbocycles. The van der Waals surface area contributed by atoms with Crippen molar-refractivity contribution in [1.29, 1.82) is 0 Å². The largest absolute Gasteiger partial charge is 0.619 e. The van der Waals surface area contributed by atoms with E-state index in [1.807, 2.05) is 4.83 Å². The zero-order chi connectivity index (χ0) is 14.6. The molecule has 104 valence electrons. The van der Waals surface area contributed by atoms with Gasteiger partial charge in [-0.3, -0.25) is 10.2 Å². The molecule has 7 nitrogen and oxygen atoms in total. The van der Waals surface area contributed by atoms with Crippen molar-refractivity contribution in [2.75, 3.05) is 0 Å². The van der Waals surface area contributed by atoms with E-state index in [0.717, 1.165) is 12.4 Å². The molecule has 0 radical (unpaired) electrons. The lowest BCUT2D eigenvalue weighted by Gasteiger charge is -2.08. The Morgan fingerprint density at radius 2 is 1.65 bits per heavy atom. The van der Waals surface area contributed by atoms with Crippen LogP contribution in [0.3, 0.4) is 0 Å². The fraction of sp³-hybridized carbons (Fsp3) is 0. The average molecular weight is 293 g/mol. The number of benzene rings is 1. The van der Waals surface area contributed by atoms with Gasteiger partial charge in [-0.25, -0.2) is 8.42 Å². The van der Waals surface area contributed by atoms with Crippen LogP contribution in [0.1, 0.15) is 10.4 Å². The number of carbonyl (C=O) groups excluding carboxylic acids is 1. The number of hydrogen-bond acceptors (Lipinski definition) is 4. The van der Waals surface area contributed by atoms with Crippen molar-refractivity contribution in [2.45, 2.75) is 4.90 Å². The second-order valence-corrected chi connectivity index (χ2v) is 5.50. The van der Waals surface area contributed by atoms with Gasteiger partial charge in [0, 0.05) is 12.1 Å². The fourth-order valence-electron chi connectivity index (χ4n) is 1.41. The number of sulfonamides is 1. The maximum atomic E-state index is 11.8. The smallest absolute Gasteiger partial charge is 0.266 e. The summed E-state index contributed by atoms with van der Waals surface area (Å²) < 4.78 is 24.2. The highest BCUT2D eigenvalue weighted by molar-refractivity contribution is 7.89. The second-order valence-electron chi connectivity index (χ2n) is 3.82. The summed E-state index contributed by atoms with van der Waals surface area (Å²) in [4.78, 5) is 13.7. The first-order valence-electron chi connectivity index (χ1n) is 5.55. The first-order valence-corrected chi connectivity index (χ1v) is 7.03. The molecule has 1 aromatic heterocycles. The molecule has 0 fully saturated rings. The van der Waals surface area contributed by atoms with E-state index in [1.54, 1.807) is 18.2 Å². The van der Waals surface area contributed by atoms with Crippen LogP contribution >= 0.6 is 0 Å². The summed E-state index contributed by atoms with van der Waals surface area (Å²) in [7, 11) is -3.82. The minimum absolute atomic E-state index is 0.0331. The maximum Gasteiger partial charge on any atom is 0.266 e. The molecular weight excluding hydrogens is 282 g/mol. The molecular formula is C12H11N3O4S. The molecule has 1 amide bonds. The third-order valence-electron chi connectivity index (χ3n) is 2.42. The predicted molar refractivity (Wildman–Crippen MR) is 69.6 cm³/mol. The van der Waals surface area contributed by atoms with Crippen molar-refractivity contribution < 1.29 is 17.9 Å². The minimum Gasteiger partial charge on any atom is -0.619 e. The molecule has 0 saturated heterocycles. The van der Waals surface area contributed by atoms with Gasteiger partial charge < -0.3 is 5.21 Å². The Labute approximate surface area is 115 Å². The number of amides is 1. The minimum atomic E-state index is -3.82. The van der Waals surface area contributed by atoms with E-state index in [-0.39, 0.29) is 10.5 Å². The molecule has 0 saturated carbocycles. The number of aromatic nitrogens is 1. The van der Waals surface area contributed by atoms with Crippen molar-refractivity contribution in [3.05, 3.63) is 65.6 Å². The first kappa shape index (κ1) is 14.0. The standard InChI is InChI=1S/C12H11N3O4S/c16-12(10-6-8-15(17)9-7-10)13-14-20(18,19)11-4-2-1-3-5-11/h1-9,14H,(H,13,16). The number of hydrogen-bond donors (Lipinski definition) is 2. The van der Waals surface area contributed by atoms with Crippen LogP contribution < -0.4 is 15.0 Å². The number of carbonyl (C=O) groups is 1. The van der Waals surface area contributed by atoms with Crippen molar-refractivity contribution in [2.24, 2.45) is 0 Å².